The Morgan fingerprint density at radius 1 is 0.536 bits per heavy atom. The highest BCUT2D eigenvalue weighted by Crippen LogP contribution is 2.35. The van der Waals surface area contributed by atoms with Gasteiger partial charge in [0.1, 0.15) is 0 Å². The Kier molecular flexibility index (Phi) is 4.06. The minimum Gasteiger partial charge on any atom is -0.344 e. The fourth-order valence-electron chi connectivity index (χ4n) is 3.99. The molecule has 0 atom stereocenters. The summed E-state index contributed by atoms with van der Waals surface area (Å²) in [5.74, 6) is 0. The summed E-state index contributed by atoms with van der Waals surface area (Å²) < 4.78 is 0. The van der Waals surface area contributed by atoms with Crippen LogP contribution in [0.15, 0.2) is 109 Å². The van der Waals surface area contributed by atoms with Crippen molar-refractivity contribution in [1.82, 2.24) is 0 Å². The topological polar surface area (TPSA) is 3.24 Å². The number of anilines is 2. The monoisotopic (exact) mass is 359 g/mol. The van der Waals surface area contributed by atoms with Crippen LogP contribution in [0.25, 0.3) is 32.7 Å². The lowest BCUT2D eigenvalue weighted by molar-refractivity contribution is 1.23. The van der Waals surface area contributed by atoms with E-state index in [0.29, 0.717) is 0 Å². The van der Waals surface area contributed by atoms with Gasteiger partial charge in [-0.1, -0.05) is 91.0 Å². The third-order valence-electron chi connectivity index (χ3n) is 5.46. The van der Waals surface area contributed by atoms with E-state index in [1.807, 2.05) is 0 Å². The number of hydrogen-bond acceptors (Lipinski definition) is 1. The number of nitrogens with zero attached hydrogens (tertiary/aromatic N) is 1. The van der Waals surface area contributed by atoms with Crippen molar-refractivity contribution in [2.24, 2.45) is 0 Å². The Morgan fingerprint density at radius 3 is 2.14 bits per heavy atom. The van der Waals surface area contributed by atoms with Crippen molar-refractivity contribution in [3.63, 3.8) is 0 Å². The normalized spacial score (nSPS) is 11.0. The summed E-state index contributed by atoms with van der Waals surface area (Å²) >= 11 is 0. The van der Waals surface area contributed by atoms with Gasteiger partial charge in [-0.05, 0) is 45.5 Å². The maximum absolute atomic E-state index is 2.28. The van der Waals surface area contributed by atoms with Crippen LogP contribution in [0.2, 0.25) is 0 Å². The van der Waals surface area contributed by atoms with Crippen molar-refractivity contribution in [2.45, 2.75) is 0 Å². The van der Waals surface area contributed by atoms with E-state index in [4.69, 9.17) is 0 Å². The van der Waals surface area contributed by atoms with Crippen LogP contribution in [0.4, 0.5) is 11.4 Å². The van der Waals surface area contributed by atoms with Gasteiger partial charge in [0.2, 0.25) is 0 Å². The zero-order chi connectivity index (χ0) is 18.9. The van der Waals surface area contributed by atoms with Crippen molar-refractivity contribution in [3.05, 3.63) is 109 Å². The van der Waals surface area contributed by atoms with Gasteiger partial charge in [-0.3, -0.25) is 0 Å². The molecule has 0 spiro atoms. The van der Waals surface area contributed by atoms with Crippen LogP contribution in [0.3, 0.4) is 0 Å². The van der Waals surface area contributed by atoms with E-state index in [1.54, 1.807) is 0 Å². The minimum atomic E-state index is 1.19. The first kappa shape index (κ1) is 16.6. The Hall–Kier alpha value is -3.58. The van der Waals surface area contributed by atoms with Crippen LogP contribution in [-0.2, 0) is 0 Å². The number of benzene rings is 5. The van der Waals surface area contributed by atoms with Crippen LogP contribution >= 0.6 is 0 Å². The predicted octanol–water partition coefficient (Wildman–Crippen LogP) is 7.43. The smallest absolute Gasteiger partial charge is 0.0487 e. The quantitative estimate of drug-likeness (QED) is 0.324. The van der Waals surface area contributed by atoms with Gasteiger partial charge in [-0.15, -0.1) is 0 Å². The standard InChI is InChI=1S/C27H21N/c1-28(27-16-8-12-21-11-5-6-14-26(21)27)23-17-18-25-22(19-23)13-7-15-24(25)20-9-3-2-4-10-20/h2-19H,1H3. The molecule has 134 valence electrons. The highest BCUT2D eigenvalue weighted by molar-refractivity contribution is 6.00. The predicted molar refractivity (Wildman–Crippen MR) is 121 cm³/mol. The molecule has 1 nitrogen and oxygen atoms in total. The average Bonchev–Trinajstić information content (AvgIpc) is 2.78. The third kappa shape index (κ3) is 2.82. The van der Waals surface area contributed by atoms with Crippen molar-refractivity contribution in [3.8, 4) is 11.1 Å². The average molecular weight is 359 g/mol. The van der Waals surface area contributed by atoms with Crippen LogP contribution in [0.5, 0.6) is 0 Å². The lowest BCUT2D eigenvalue weighted by Crippen LogP contribution is -2.09. The third-order valence-corrected chi connectivity index (χ3v) is 5.46. The van der Waals surface area contributed by atoms with Gasteiger partial charge >= 0.3 is 0 Å². The van der Waals surface area contributed by atoms with Gasteiger partial charge in [0.05, 0.1) is 0 Å². The molecule has 0 aromatic heterocycles. The molecular formula is C27H21N. The van der Waals surface area contributed by atoms with Crippen LogP contribution in [0, 0.1) is 0 Å². The van der Waals surface area contributed by atoms with Crippen molar-refractivity contribution < 1.29 is 0 Å². The molecule has 0 aliphatic rings. The highest BCUT2D eigenvalue weighted by Gasteiger charge is 2.10. The second-order valence-electron chi connectivity index (χ2n) is 7.13. The molecule has 5 aromatic rings. The molecule has 5 aromatic carbocycles. The molecule has 0 saturated heterocycles. The Balaban J connectivity index is 1.62. The molecule has 0 heterocycles. The molecule has 5 rings (SSSR count). The van der Waals surface area contributed by atoms with Gasteiger partial charge in [0.25, 0.3) is 0 Å². The van der Waals surface area contributed by atoms with E-state index in [9.17, 15) is 0 Å². The van der Waals surface area contributed by atoms with Gasteiger partial charge < -0.3 is 4.90 Å². The van der Waals surface area contributed by atoms with Crippen LogP contribution in [0.1, 0.15) is 0 Å². The molecule has 0 aliphatic heterocycles. The number of hydrogen-bond donors (Lipinski definition) is 0. The molecule has 0 radical (unpaired) electrons. The fourth-order valence-corrected chi connectivity index (χ4v) is 3.99. The molecule has 0 aliphatic carbocycles. The highest BCUT2D eigenvalue weighted by atomic mass is 15.1. The first-order valence-corrected chi connectivity index (χ1v) is 9.61. The molecular weight excluding hydrogens is 338 g/mol. The van der Waals surface area contributed by atoms with E-state index in [-0.39, 0.29) is 0 Å². The minimum absolute atomic E-state index is 1.19. The summed E-state index contributed by atoms with van der Waals surface area (Å²) in [6, 6.07) is 38.9. The summed E-state index contributed by atoms with van der Waals surface area (Å²) in [5, 5.41) is 5.07. The molecule has 1 heteroatoms. The largest absolute Gasteiger partial charge is 0.344 e. The molecule has 0 fully saturated rings. The first-order valence-electron chi connectivity index (χ1n) is 9.61. The summed E-state index contributed by atoms with van der Waals surface area (Å²) in [5.41, 5.74) is 4.94. The van der Waals surface area contributed by atoms with Crippen molar-refractivity contribution >= 4 is 32.9 Å². The van der Waals surface area contributed by atoms with E-state index in [1.165, 1.54) is 44.0 Å². The summed E-state index contributed by atoms with van der Waals surface area (Å²) in [7, 11) is 2.14. The number of fused-ring (bicyclic) bond motifs is 2. The van der Waals surface area contributed by atoms with Crippen LogP contribution < -0.4 is 4.90 Å². The zero-order valence-electron chi connectivity index (χ0n) is 15.8. The van der Waals surface area contributed by atoms with E-state index in [0.717, 1.165) is 0 Å². The summed E-state index contributed by atoms with van der Waals surface area (Å²) in [6.45, 7) is 0. The maximum atomic E-state index is 2.28. The second-order valence-corrected chi connectivity index (χ2v) is 7.13. The van der Waals surface area contributed by atoms with Crippen molar-refractivity contribution in [1.29, 1.82) is 0 Å². The molecule has 0 unspecified atom stereocenters. The maximum Gasteiger partial charge on any atom is 0.0487 e. The van der Waals surface area contributed by atoms with Gasteiger partial charge in [-0.2, -0.15) is 0 Å². The van der Waals surface area contributed by atoms with E-state index >= 15 is 0 Å². The Morgan fingerprint density at radius 2 is 1.25 bits per heavy atom. The molecule has 0 saturated carbocycles. The lowest BCUT2D eigenvalue weighted by atomic mass is 9.98. The summed E-state index contributed by atoms with van der Waals surface area (Å²) in [6.07, 6.45) is 0. The first-order chi connectivity index (χ1) is 13.8. The van der Waals surface area contributed by atoms with Gasteiger partial charge in [-0.25, -0.2) is 0 Å². The SMILES string of the molecule is CN(c1ccc2c(-c3ccccc3)cccc2c1)c1cccc2ccccc12. The Labute approximate surface area is 165 Å². The number of rotatable bonds is 3. The Bertz CT molecular complexity index is 1270. The van der Waals surface area contributed by atoms with Crippen LogP contribution in [-0.4, -0.2) is 7.05 Å². The van der Waals surface area contributed by atoms with E-state index in [2.05, 4.69) is 121 Å². The molecule has 28 heavy (non-hydrogen) atoms. The van der Waals surface area contributed by atoms with E-state index < -0.39 is 0 Å². The molecule has 0 N–H and O–H groups in total. The fraction of sp³-hybridized carbons (Fsp3) is 0.0370. The zero-order valence-corrected chi connectivity index (χ0v) is 15.8. The summed E-state index contributed by atoms with van der Waals surface area (Å²) in [4.78, 5) is 2.27. The second kappa shape index (κ2) is 6.86. The van der Waals surface area contributed by atoms with Crippen molar-refractivity contribution in [2.75, 3.05) is 11.9 Å². The lowest BCUT2D eigenvalue weighted by Gasteiger charge is -2.22. The van der Waals surface area contributed by atoms with Gasteiger partial charge in [0, 0.05) is 23.8 Å². The van der Waals surface area contributed by atoms with Gasteiger partial charge in [0.15, 0.2) is 0 Å². The molecule has 0 amide bonds. The molecule has 0 bridgehead atoms.